The number of hydrogen-bond donors (Lipinski definition) is 0. The zero-order valence-electron chi connectivity index (χ0n) is 10.2. The molecule has 96 valence electrons. The van der Waals surface area contributed by atoms with Gasteiger partial charge in [0.15, 0.2) is 0 Å². The van der Waals surface area contributed by atoms with Crippen molar-refractivity contribution in [2.45, 2.75) is 18.9 Å². The van der Waals surface area contributed by atoms with Crippen LogP contribution in [0.3, 0.4) is 0 Å². The van der Waals surface area contributed by atoms with Gasteiger partial charge in [-0.3, -0.25) is 15.0 Å². The molecule has 0 N–H and O–H groups in total. The van der Waals surface area contributed by atoms with Crippen LogP contribution in [0.4, 0.5) is 11.5 Å². The predicted molar refractivity (Wildman–Crippen MR) is 67.7 cm³/mol. The van der Waals surface area contributed by atoms with E-state index in [0.29, 0.717) is 6.04 Å². The minimum absolute atomic E-state index is 0.0539. The molecule has 6 heteroatoms. The van der Waals surface area contributed by atoms with Crippen molar-refractivity contribution in [1.82, 2.24) is 9.88 Å². The fourth-order valence-electron chi connectivity index (χ4n) is 2.87. The summed E-state index contributed by atoms with van der Waals surface area (Å²) in [7, 11) is 0. The van der Waals surface area contributed by atoms with Crippen molar-refractivity contribution in [3.63, 3.8) is 0 Å². The number of piperazine rings is 1. The number of rotatable bonds is 2. The zero-order valence-corrected chi connectivity index (χ0v) is 10.2. The van der Waals surface area contributed by atoms with Gasteiger partial charge in [0.05, 0.1) is 4.92 Å². The Labute approximate surface area is 105 Å². The molecule has 0 amide bonds. The second kappa shape index (κ2) is 4.53. The van der Waals surface area contributed by atoms with E-state index in [9.17, 15) is 10.1 Å². The summed E-state index contributed by atoms with van der Waals surface area (Å²) in [6, 6.07) is 3.92. The minimum Gasteiger partial charge on any atom is -0.354 e. The van der Waals surface area contributed by atoms with E-state index in [-0.39, 0.29) is 5.69 Å². The molecule has 0 radical (unpaired) electrons. The summed E-state index contributed by atoms with van der Waals surface area (Å²) in [6.07, 6.45) is 3.88. The number of pyridine rings is 1. The molecule has 1 atom stereocenters. The molecule has 2 saturated heterocycles. The minimum atomic E-state index is -0.411. The molecule has 1 aromatic rings. The molecule has 0 bridgehead atoms. The Morgan fingerprint density at radius 1 is 1.33 bits per heavy atom. The maximum atomic E-state index is 10.6. The van der Waals surface area contributed by atoms with E-state index in [2.05, 4.69) is 14.8 Å². The summed E-state index contributed by atoms with van der Waals surface area (Å²) < 4.78 is 0. The zero-order chi connectivity index (χ0) is 12.5. The van der Waals surface area contributed by atoms with Crippen molar-refractivity contribution in [3.8, 4) is 0 Å². The van der Waals surface area contributed by atoms with Gasteiger partial charge in [0.1, 0.15) is 12.0 Å². The second-order valence-electron chi connectivity index (χ2n) is 4.91. The first-order chi connectivity index (χ1) is 8.74. The first kappa shape index (κ1) is 11.4. The van der Waals surface area contributed by atoms with E-state index in [1.165, 1.54) is 31.6 Å². The molecule has 0 aromatic carbocycles. The van der Waals surface area contributed by atoms with Crippen LogP contribution < -0.4 is 4.90 Å². The highest BCUT2D eigenvalue weighted by Crippen LogP contribution is 2.25. The van der Waals surface area contributed by atoms with Crippen molar-refractivity contribution in [2.75, 3.05) is 31.1 Å². The van der Waals surface area contributed by atoms with Gasteiger partial charge in [0.25, 0.3) is 5.69 Å². The van der Waals surface area contributed by atoms with Crippen molar-refractivity contribution in [3.05, 3.63) is 28.4 Å². The molecule has 6 nitrogen and oxygen atoms in total. The van der Waals surface area contributed by atoms with Gasteiger partial charge in [-0.1, -0.05) is 0 Å². The molecule has 2 aliphatic heterocycles. The lowest BCUT2D eigenvalue weighted by Crippen LogP contribution is -2.50. The summed E-state index contributed by atoms with van der Waals surface area (Å²) in [5.74, 6) is 0.854. The predicted octanol–water partition coefficient (Wildman–Crippen LogP) is 1.27. The summed E-state index contributed by atoms with van der Waals surface area (Å²) in [5.41, 5.74) is 0.0539. The Morgan fingerprint density at radius 3 is 2.94 bits per heavy atom. The smallest absolute Gasteiger partial charge is 0.287 e. The summed E-state index contributed by atoms with van der Waals surface area (Å²) in [4.78, 5) is 19.1. The van der Waals surface area contributed by atoms with E-state index < -0.39 is 4.92 Å². The van der Waals surface area contributed by atoms with Gasteiger partial charge in [-0.15, -0.1) is 0 Å². The van der Waals surface area contributed by atoms with E-state index in [1.54, 1.807) is 6.07 Å². The van der Waals surface area contributed by atoms with Crippen molar-refractivity contribution in [2.24, 2.45) is 0 Å². The van der Waals surface area contributed by atoms with Crippen LogP contribution in [0.1, 0.15) is 12.8 Å². The first-order valence-electron chi connectivity index (χ1n) is 6.33. The second-order valence-corrected chi connectivity index (χ2v) is 4.91. The Hall–Kier alpha value is -1.69. The fraction of sp³-hybridized carbons (Fsp3) is 0.583. The molecule has 1 unspecified atom stereocenters. The summed E-state index contributed by atoms with van der Waals surface area (Å²) in [6.45, 7) is 4.24. The normalized spacial score (nSPS) is 24.0. The summed E-state index contributed by atoms with van der Waals surface area (Å²) in [5, 5.41) is 10.6. The van der Waals surface area contributed by atoms with Crippen molar-refractivity contribution < 1.29 is 4.92 Å². The van der Waals surface area contributed by atoms with Crippen molar-refractivity contribution in [1.29, 1.82) is 0 Å². The first-order valence-corrected chi connectivity index (χ1v) is 6.33. The SMILES string of the molecule is O=[N+]([O-])c1ccc(N2CCN3CCCC3C2)nc1. The maximum Gasteiger partial charge on any atom is 0.287 e. The van der Waals surface area contributed by atoms with Crippen LogP contribution in [0.15, 0.2) is 18.3 Å². The van der Waals surface area contributed by atoms with Gasteiger partial charge in [0.2, 0.25) is 0 Å². The Kier molecular flexibility index (Phi) is 2.87. The van der Waals surface area contributed by atoms with Crippen molar-refractivity contribution >= 4 is 11.5 Å². The quantitative estimate of drug-likeness (QED) is 0.582. The lowest BCUT2D eigenvalue weighted by atomic mass is 10.1. The standard InChI is InChI=1S/C12H16N4O2/c17-16(18)10-3-4-12(13-8-10)15-7-6-14-5-1-2-11(14)9-15/h3-4,8,11H,1-2,5-7,9H2. The van der Waals surface area contributed by atoms with Crippen LogP contribution in [-0.2, 0) is 0 Å². The number of hydrogen-bond acceptors (Lipinski definition) is 5. The largest absolute Gasteiger partial charge is 0.354 e. The number of nitrogens with zero attached hydrogens (tertiary/aromatic N) is 4. The molecule has 3 rings (SSSR count). The van der Waals surface area contributed by atoms with Crippen LogP contribution in [0, 0.1) is 10.1 Å². The van der Waals surface area contributed by atoms with Gasteiger partial charge in [-0.2, -0.15) is 0 Å². The van der Waals surface area contributed by atoms with Crippen LogP contribution in [0.2, 0.25) is 0 Å². The molecular weight excluding hydrogens is 232 g/mol. The Morgan fingerprint density at radius 2 is 2.22 bits per heavy atom. The lowest BCUT2D eigenvalue weighted by Gasteiger charge is -2.38. The number of anilines is 1. The molecular formula is C12H16N4O2. The van der Waals surface area contributed by atoms with E-state index in [4.69, 9.17) is 0 Å². The molecule has 0 saturated carbocycles. The van der Waals surface area contributed by atoms with Gasteiger partial charge in [0, 0.05) is 31.7 Å². The highest BCUT2D eigenvalue weighted by atomic mass is 16.6. The number of nitro groups is 1. The fourth-order valence-corrected chi connectivity index (χ4v) is 2.87. The molecule has 2 fully saturated rings. The topological polar surface area (TPSA) is 62.5 Å². The Balaban J connectivity index is 1.73. The van der Waals surface area contributed by atoms with Gasteiger partial charge < -0.3 is 4.90 Å². The summed E-state index contributed by atoms with van der Waals surface area (Å²) >= 11 is 0. The Bertz CT molecular complexity index is 448. The van der Waals surface area contributed by atoms with Crippen LogP contribution in [-0.4, -0.2) is 47.0 Å². The number of fused-ring (bicyclic) bond motifs is 1. The average molecular weight is 248 g/mol. The monoisotopic (exact) mass is 248 g/mol. The highest BCUT2D eigenvalue weighted by molar-refractivity contribution is 5.43. The average Bonchev–Trinajstić information content (AvgIpc) is 2.86. The third-order valence-corrected chi connectivity index (χ3v) is 3.85. The number of aromatic nitrogens is 1. The van der Waals surface area contributed by atoms with E-state index in [0.717, 1.165) is 25.5 Å². The van der Waals surface area contributed by atoms with Crippen LogP contribution in [0.25, 0.3) is 0 Å². The van der Waals surface area contributed by atoms with E-state index >= 15 is 0 Å². The van der Waals surface area contributed by atoms with Gasteiger partial charge in [-0.25, -0.2) is 4.98 Å². The molecule has 0 spiro atoms. The highest BCUT2D eigenvalue weighted by Gasteiger charge is 2.30. The third kappa shape index (κ3) is 2.03. The lowest BCUT2D eigenvalue weighted by molar-refractivity contribution is -0.385. The molecule has 3 heterocycles. The van der Waals surface area contributed by atoms with Gasteiger partial charge >= 0.3 is 0 Å². The molecule has 1 aromatic heterocycles. The third-order valence-electron chi connectivity index (χ3n) is 3.85. The maximum absolute atomic E-state index is 10.6. The molecule has 18 heavy (non-hydrogen) atoms. The molecule has 2 aliphatic rings. The van der Waals surface area contributed by atoms with Crippen LogP contribution in [0.5, 0.6) is 0 Å². The van der Waals surface area contributed by atoms with Crippen LogP contribution >= 0.6 is 0 Å². The van der Waals surface area contributed by atoms with E-state index in [1.807, 2.05) is 0 Å². The molecule has 0 aliphatic carbocycles. The van der Waals surface area contributed by atoms with Gasteiger partial charge in [-0.05, 0) is 25.5 Å².